The number of ether oxygens (including phenoxy) is 1. The predicted octanol–water partition coefficient (Wildman–Crippen LogP) is 3.48. The number of unbranched alkanes of at least 4 members (excludes halogenated alkanes) is 2. The lowest BCUT2D eigenvalue weighted by Gasteiger charge is -2.11. The van der Waals surface area contributed by atoms with Gasteiger partial charge >= 0.3 is 0 Å². The molecule has 1 aromatic rings. The van der Waals surface area contributed by atoms with Crippen molar-refractivity contribution < 1.29 is 4.74 Å². The summed E-state index contributed by atoms with van der Waals surface area (Å²) in [7, 11) is 0. The van der Waals surface area contributed by atoms with Crippen molar-refractivity contribution in [2.24, 2.45) is 5.73 Å². The summed E-state index contributed by atoms with van der Waals surface area (Å²) in [5.74, 6) is 0.899. The van der Waals surface area contributed by atoms with Crippen LogP contribution in [0.1, 0.15) is 31.7 Å². The van der Waals surface area contributed by atoms with Gasteiger partial charge in [0.1, 0.15) is 5.75 Å². The monoisotopic (exact) mass is 271 g/mol. The van der Waals surface area contributed by atoms with Crippen LogP contribution in [0, 0.1) is 0 Å². The van der Waals surface area contributed by atoms with E-state index < -0.39 is 0 Å². The van der Waals surface area contributed by atoms with Gasteiger partial charge in [-0.15, -0.1) is 0 Å². The molecule has 0 aliphatic rings. The third-order valence-corrected chi connectivity index (χ3v) is 2.89. The Bertz CT molecular complexity index is 302. The summed E-state index contributed by atoms with van der Waals surface area (Å²) in [6.07, 6.45) is 3.52. The molecule has 2 N–H and O–H groups in total. The van der Waals surface area contributed by atoms with Crippen LogP contribution >= 0.6 is 15.9 Å². The molecule has 0 aromatic heterocycles. The summed E-state index contributed by atoms with van der Waals surface area (Å²) < 4.78 is 6.72. The van der Waals surface area contributed by atoms with Gasteiger partial charge in [0.05, 0.1) is 11.1 Å². The third-order valence-electron chi connectivity index (χ3n) is 2.26. The largest absolute Gasteiger partial charge is 0.492 e. The van der Waals surface area contributed by atoms with Gasteiger partial charge in [0.2, 0.25) is 0 Å². The Morgan fingerprint density at radius 3 is 2.80 bits per heavy atom. The molecule has 0 saturated heterocycles. The van der Waals surface area contributed by atoms with Crippen LogP contribution in [-0.2, 0) is 6.54 Å². The third kappa shape index (κ3) is 3.84. The summed E-state index contributed by atoms with van der Waals surface area (Å²) >= 11 is 3.48. The van der Waals surface area contributed by atoms with Gasteiger partial charge in [0.15, 0.2) is 0 Å². The molecule has 2 nitrogen and oxygen atoms in total. The molecule has 15 heavy (non-hydrogen) atoms. The van der Waals surface area contributed by atoms with E-state index in [1.807, 2.05) is 18.2 Å². The molecule has 0 aliphatic heterocycles. The minimum atomic E-state index is 0.516. The second kappa shape index (κ2) is 6.85. The molecule has 0 saturated carbocycles. The number of para-hydroxylation sites is 1. The fraction of sp³-hybridized carbons (Fsp3) is 0.500. The molecule has 1 aromatic carbocycles. The standard InChI is InChI=1S/C12H18BrNO/c1-2-3-4-8-15-12-10(9-14)6-5-7-11(12)13/h5-7H,2-4,8-9,14H2,1H3. The highest BCUT2D eigenvalue weighted by molar-refractivity contribution is 9.10. The highest BCUT2D eigenvalue weighted by atomic mass is 79.9. The minimum absolute atomic E-state index is 0.516. The van der Waals surface area contributed by atoms with Crippen molar-refractivity contribution in [2.45, 2.75) is 32.7 Å². The fourth-order valence-corrected chi connectivity index (χ4v) is 1.92. The lowest BCUT2D eigenvalue weighted by atomic mass is 10.2. The second-order valence-electron chi connectivity index (χ2n) is 3.49. The van der Waals surface area contributed by atoms with Gasteiger partial charge in [-0.25, -0.2) is 0 Å². The molecule has 0 aliphatic carbocycles. The number of hydrogen-bond acceptors (Lipinski definition) is 2. The van der Waals surface area contributed by atoms with Crippen molar-refractivity contribution in [3.05, 3.63) is 28.2 Å². The topological polar surface area (TPSA) is 35.2 Å². The first kappa shape index (κ1) is 12.5. The van der Waals surface area contributed by atoms with Crippen LogP contribution in [0.2, 0.25) is 0 Å². The van der Waals surface area contributed by atoms with E-state index in [9.17, 15) is 0 Å². The molecular weight excluding hydrogens is 254 g/mol. The summed E-state index contributed by atoms with van der Waals surface area (Å²) in [6, 6.07) is 5.96. The summed E-state index contributed by atoms with van der Waals surface area (Å²) in [6.45, 7) is 3.47. The normalized spacial score (nSPS) is 10.3. The van der Waals surface area contributed by atoms with Crippen LogP contribution in [0.5, 0.6) is 5.75 Å². The number of benzene rings is 1. The molecule has 1 rings (SSSR count). The van der Waals surface area contributed by atoms with Gasteiger partial charge < -0.3 is 10.5 Å². The molecular formula is C12H18BrNO. The summed E-state index contributed by atoms with van der Waals surface area (Å²) in [5.41, 5.74) is 6.71. The molecule has 0 bridgehead atoms. The van der Waals surface area contributed by atoms with Crippen molar-refractivity contribution in [1.82, 2.24) is 0 Å². The Hall–Kier alpha value is -0.540. The van der Waals surface area contributed by atoms with Crippen molar-refractivity contribution in [3.63, 3.8) is 0 Å². The summed E-state index contributed by atoms with van der Waals surface area (Å²) in [4.78, 5) is 0. The van der Waals surface area contributed by atoms with E-state index in [0.717, 1.165) is 28.8 Å². The molecule has 0 heterocycles. The van der Waals surface area contributed by atoms with E-state index in [0.29, 0.717) is 6.54 Å². The van der Waals surface area contributed by atoms with E-state index in [2.05, 4.69) is 22.9 Å². The minimum Gasteiger partial charge on any atom is -0.492 e. The van der Waals surface area contributed by atoms with Crippen LogP contribution in [0.3, 0.4) is 0 Å². The molecule has 84 valence electrons. The smallest absolute Gasteiger partial charge is 0.137 e. The Morgan fingerprint density at radius 2 is 2.13 bits per heavy atom. The maximum absolute atomic E-state index is 5.73. The van der Waals surface area contributed by atoms with Crippen LogP contribution in [0.25, 0.3) is 0 Å². The quantitative estimate of drug-likeness (QED) is 0.805. The first-order chi connectivity index (χ1) is 7.29. The maximum atomic E-state index is 5.73. The molecule has 0 radical (unpaired) electrons. The number of rotatable bonds is 6. The number of hydrogen-bond donors (Lipinski definition) is 1. The first-order valence-corrected chi connectivity index (χ1v) is 6.19. The van der Waals surface area contributed by atoms with E-state index in [4.69, 9.17) is 10.5 Å². The van der Waals surface area contributed by atoms with Gasteiger partial charge in [-0.05, 0) is 28.4 Å². The summed E-state index contributed by atoms with van der Waals surface area (Å²) in [5, 5.41) is 0. The highest BCUT2D eigenvalue weighted by Gasteiger charge is 2.05. The highest BCUT2D eigenvalue weighted by Crippen LogP contribution is 2.28. The molecule has 0 unspecified atom stereocenters. The van der Waals surface area contributed by atoms with Gasteiger partial charge in [-0.1, -0.05) is 31.9 Å². The Labute approximate surface area is 99.9 Å². The molecule has 0 amide bonds. The van der Waals surface area contributed by atoms with Crippen LogP contribution < -0.4 is 10.5 Å². The van der Waals surface area contributed by atoms with Gasteiger partial charge in [0.25, 0.3) is 0 Å². The van der Waals surface area contributed by atoms with Gasteiger partial charge in [-0.2, -0.15) is 0 Å². The average Bonchev–Trinajstić information content (AvgIpc) is 2.26. The predicted molar refractivity (Wildman–Crippen MR) is 67.1 cm³/mol. The lowest BCUT2D eigenvalue weighted by molar-refractivity contribution is 0.301. The first-order valence-electron chi connectivity index (χ1n) is 5.39. The van der Waals surface area contributed by atoms with Crippen molar-refractivity contribution in [3.8, 4) is 5.75 Å². The van der Waals surface area contributed by atoms with Crippen LogP contribution in [0.4, 0.5) is 0 Å². The maximum Gasteiger partial charge on any atom is 0.137 e. The van der Waals surface area contributed by atoms with Crippen molar-refractivity contribution >= 4 is 15.9 Å². The molecule has 0 atom stereocenters. The fourth-order valence-electron chi connectivity index (χ4n) is 1.40. The van der Waals surface area contributed by atoms with Crippen molar-refractivity contribution in [1.29, 1.82) is 0 Å². The number of halogens is 1. The van der Waals surface area contributed by atoms with Crippen LogP contribution in [0.15, 0.2) is 22.7 Å². The molecule has 3 heteroatoms. The lowest BCUT2D eigenvalue weighted by Crippen LogP contribution is -2.04. The van der Waals surface area contributed by atoms with Crippen molar-refractivity contribution in [2.75, 3.05) is 6.61 Å². The average molecular weight is 272 g/mol. The Balaban J connectivity index is 2.58. The van der Waals surface area contributed by atoms with Crippen LogP contribution in [-0.4, -0.2) is 6.61 Å². The second-order valence-corrected chi connectivity index (χ2v) is 4.34. The van der Waals surface area contributed by atoms with E-state index in [-0.39, 0.29) is 0 Å². The zero-order valence-electron chi connectivity index (χ0n) is 9.13. The van der Waals surface area contributed by atoms with E-state index in [1.165, 1.54) is 12.8 Å². The number of nitrogens with two attached hydrogens (primary N) is 1. The zero-order chi connectivity index (χ0) is 11.1. The Morgan fingerprint density at radius 1 is 1.33 bits per heavy atom. The molecule has 0 spiro atoms. The molecule has 0 fully saturated rings. The zero-order valence-corrected chi connectivity index (χ0v) is 10.7. The SMILES string of the molecule is CCCCCOc1c(Br)cccc1CN. The van der Waals surface area contributed by atoms with Gasteiger partial charge in [-0.3, -0.25) is 0 Å². The Kier molecular flexibility index (Phi) is 5.73. The van der Waals surface area contributed by atoms with E-state index in [1.54, 1.807) is 0 Å². The van der Waals surface area contributed by atoms with Gasteiger partial charge in [0, 0.05) is 12.1 Å². The van der Waals surface area contributed by atoms with E-state index >= 15 is 0 Å².